The highest BCUT2D eigenvalue weighted by atomic mass is 19.1. The van der Waals surface area contributed by atoms with Crippen LogP contribution < -0.4 is 11.3 Å². The predicted octanol–water partition coefficient (Wildman–Crippen LogP) is 0.924. The summed E-state index contributed by atoms with van der Waals surface area (Å²) in [7, 11) is 0. The molecule has 0 aromatic heterocycles. The van der Waals surface area contributed by atoms with Crippen LogP contribution in [0.1, 0.15) is 10.4 Å². The van der Waals surface area contributed by atoms with Crippen LogP contribution in [0.3, 0.4) is 0 Å². The molecule has 1 aromatic rings. The van der Waals surface area contributed by atoms with Crippen molar-refractivity contribution in [2.45, 2.75) is 0 Å². The fraction of sp³-hybridized carbons (Fsp3) is 0. The monoisotopic (exact) mass is 154 g/mol. The summed E-state index contributed by atoms with van der Waals surface area (Å²) in [5.74, 6) is 4.59. The van der Waals surface area contributed by atoms with Crippen LogP contribution in [-0.2, 0) is 0 Å². The van der Waals surface area contributed by atoms with E-state index in [9.17, 15) is 9.18 Å². The minimum atomic E-state index is -0.453. The van der Waals surface area contributed by atoms with Crippen LogP contribution in [0.5, 0.6) is 0 Å². The van der Waals surface area contributed by atoms with E-state index in [4.69, 9.17) is 5.84 Å². The van der Waals surface area contributed by atoms with Crippen LogP contribution in [0.2, 0.25) is 0 Å². The van der Waals surface area contributed by atoms with Gasteiger partial charge in [0.25, 0.3) is 0 Å². The summed E-state index contributed by atoms with van der Waals surface area (Å²) in [6.45, 7) is 0. The fourth-order valence-corrected chi connectivity index (χ4v) is 0.763. The lowest BCUT2D eigenvalue weighted by atomic mass is 10.2. The Kier molecular flexibility index (Phi) is 2.18. The molecule has 0 saturated heterocycles. The molecule has 1 rings (SSSR count). The lowest BCUT2D eigenvalue weighted by Gasteiger charge is -2.01. The van der Waals surface area contributed by atoms with E-state index in [2.05, 4.69) is 5.43 Å². The second-order valence-electron chi connectivity index (χ2n) is 1.99. The number of carbonyl (C=O) groups excluding carboxylic acids is 1. The van der Waals surface area contributed by atoms with E-state index < -0.39 is 5.82 Å². The first-order valence-corrected chi connectivity index (χ1v) is 2.99. The van der Waals surface area contributed by atoms with Gasteiger partial charge in [-0.1, -0.05) is 0 Å². The van der Waals surface area contributed by atoms with Crippen molar-refractivity contribution in [1.82, 2.24) is 0 Å². The highest BCUT2D eigenvalue weighted by molar-refractivity contribution is 5.83. The Labute approximate surface area is 63.0 Å². The summed E-state index contributed by atoms with van der Waals surface area (Å²) in [5, 5.41) is 0. The maximum atomic E-state index is 12.4. The largest absolute Gasteiger partial charge is 0.323 e. The molecule has 0 bridgehead atoms. The van der Waals surface area contributed by atoms with E-state index >= 15 is 0 Å². The van der Waals surface area contributed by atoms with Crippen molar-refractivity contribution in [3.63, 3.8) is 0 Å². The molecule has 11 heavy (non-hydrogen) atoms. The molecule has 0 aliphatic carbocycles. The molecule has 0 heterocycles. The number of aldehydes is 1. The van der Waals surface area contributed by atoms with Gasteiger partial charge in [-0.15, -0.1) is 0 Å². The number of nitrogen functional groups attached to an aromatic ring is 1. The predicted molar refractivity (Wildman–Crippen MR) is 39.6 cm³/mol. The third-order valence-electron chi connectivity index (χ3n) is 1.30. The molecule has 0 fully saturated rings. The Bertz CT molecular complexity index is 275. The van der Waals surface area contributed by atoms with Crippen molar-refractivity contribution in [2.75, 3.05) is 5.43 Å². The molecular weight excluding hydrogens is 147 g/mol. The zero-order valence-electron chi connectivity index (χ0n) is 5.67. The quantitative estimate of drug-likeness (QED) is 0.378. The standard InChI is InChI=1S/C7H7FN2O/c8-6-1-2-7(10-9)5(3-6)4-11/h1-4,10H,9H2. The van der Waals surface area contributed by atoms with Crippen molar-refractivity contribution in [2.24, 2.45) is 5.84 Å². The number of benzene rings is 1. The summed E-state index contributed by atoms with van der Waals surface area (Å²) < 4.78 is 12.4. The Morgan fingerprint density at radius 2 is 2.27 bits per heavy atom. The minimum absolute atomic E-state index is 0.215. The smallest absolute Gasteiger partial charge is 0.152 e. The Hall–Kier alpha value is -1.42. The van der Waals surface area contributed by atoms with Crippen molar-refractivity contribution >= 4 is 12.0 Å². The van der Waals surface area contributed by atoms with E-state index in [-0.39, 0.29) is 5.56 Å². The van der Waals surface area contributed by atoms with Gasteiger partial charge in [-0.05, 0) is 18.2 Å². The first kappa shape index (κ1) is 7.68. The average molecular weight is 154 g/mol. The Balaban J connectivity index is 3.16. The minimum Gasteiger partial charge on any atom is -0.323 e. The van der Waals surface area contributed by atoms with Gasteiger partial charge in [0.05, 0.1) is 5.69 Å². The van der Waals surface area contributed by atoms with Gasteiger partial charge in [0.1, 0.15) is 5.82 Å². The third kappa shape index (κ3) is 1.53. The van der Waals surface area contributed by atoms with Crippen LogP contribution in [0.4, 0.5) is 10.1 Å². The summed E-state index contributed by atoms with van der Waals surface area (Å²) in [4.78, 5) is 10.3. The molecule has 4 heteroatoms. The topological polar surface area (TPSA) is 55.1 Å². The summed E-state index contributed by atoms with van der Waals surface area (Å²) in [5.41, 5.74) is 2.91. The molecule has 0 aliphatic rings. The summed E-state index contributed by atoms with van der Waals surface area (Å²) >= 11 is 0. The number of halogens is 1. The molecular formula is C7H7FN2O. The van der Waals surface area contributed by atoms with E-state index in [1.54, 1.807) is 0 Å². The molecule has 0 radical (unpaired) electrons. The maximum absolute atomic E-state index is 12.4. The van der Waals surface area contributed by atoms with Crippen molar-refractivity contribution in [3.05, 3.63) is 29.6 Å². The second kappa shape index (κ2) is 3.12. The molecule has 0 atom stereocenters. The first-order valence-electron chi connectivity index (χ1n) is 2.99. The van der Waals surface area contributed by atoms with E-state index in [1.165, 1.54) is 12.1 Å². The van der Waals surface area contributed by atoms with Gasteiger partial charge in [0, 0.05) is 5.56 Å². The molecule has 1 aromatic carbocycles. The summed E-state index contributed by atoms with van der Waals surface area (Å²) in [6, 6.07) is 3.74. The van der Waals surface area contributed by atoms with Gasteiger partial charge in [-0.3, -0.25) is 10.6 Å². The lowest BCUT2D eigenvalue weighted by Crippen LogP contribution is -2.08. The second-order valence-corrected chi connectivity index (χ2v) is 1.99. The van der Waals surface area contributed by atoms with Crippen molar-refractivity contribution in [1.29, 1.82) is 0 Å². The molecule has 58 valence electrons. The number of hydrazine groups is 1. The van der Waals surface area contributed by atoms with E-state index in [0.29, 0.717) is 12.0 Å². The number of carbonyl (C=O) groups is 1. The Morgan fingerprint density at radius 1 is 1.55 bits per heavy atom. The molecule has 0 amide bonds. The fourth-order valence-electron chi connectivity index (χ4n) is 0.763. The van der Waals surface area contributed by atoms with Crippen LogP contribution in [0, 0.1) is 5.82 Å². The molecule has 3 nitrogen and oxygen atoms in total. The van der Waals surface area contributed by atoms with Gasteiger partial charge in [-0.25, -0.2) is 4.39 Å². The maximum Gasteiger partial charge on any atom is 0.152 e. The highest BCUT2D eigenvalue weighted by Gasteiger charge is 1.99. The number of anilines is 1. The third-order valence-corrected chi connectivity index (χ3v) is 1.30. The van der Waals surface area contributed by atoms with Crippen molar-refractivity contribution < 1.29 is 9.18 Å². The van der Waals surface area contributed by atoms with Crippen LogP contribution in [-0.4, -0.2) is 6.29 Å². The van der Waals surface area contributed by atoms with Gasteiger partial charge in [0.15, 0.2) is 6.29 Å². The van der Waals surface area contributed by atoms with Crippen LogP contribution in [0.25, 0.3) is 0 Å². The van der Waals surface area contributed by atoms with Crippen LogP contribution >= 0.6 is 0 Å². The molecule has 0 saturated carbocycles. The molecule has 0 unspecified atom stereocenters. The normalized spacial score (nSPS) is 9.27. The van der Waals surface area contributed by atoms with Crippen LogP contribution in [0.15, 0.2) is 18.2 Å². The highest BCUT2D eigenvalue weighted by Crippen LogP contribution is 2.12. The first-order chi connectivity index (χ1) is 5.27. The summed E-state index contributed by atoms with van der Waals surface area (Å²) in [6.07, 6.45) is 0.540. The van der Waals surface area contributed by atoms with Gasteiger partial charge < -0.3 is 5.43 Å². The Morgan fingerprint density at radius 3 is 2.82 bits per heavy atom. The van der Waals surface area contributed by atoms with E-state index in [1.807, 2.05) is 0 Å². The number of hydrogen-bond acceptors (Lipinski definition) is 3. The molecule has 0 spiro atoms. The molecule has 3 N–H and O–H groups in total. The number of nitrogens with one attached hydrogen (secondary N) is 1. The number of nitrogens with two attached hydrogens (primary N) is 1. The zero-order chi connectivity index (χ0) is 8.27. The number of rotatable bonds is 2. The van der Waals surface area contributed by atoms with E-state index in [0.717, 1.165) is 6.07 Å². The zero-order valence-corrected chi connectivity index (χ0v) is 5.67. The molecule has 0 aliphatic heterocycles. The van der Waals surface area contributed by atoms with Crippen molar-refractivity contribution in [3.8, 4) is 0 Å². The SMILES string of the molecule is NNc1ccc(F)cc1C=O. The number of hydrogen-bond donors (Lipinski definition) is 2. The van der Waals surface area contributed by atoms with Gasteiger partial charge in [0.2, 0.25) is 0 Å². The van der Waals surface area contributed by atoms with Gasteiger partial charge in [-0.2, -0.15) is 0 Å². The average Bonchev–Trinajstić information content (AvgIpc) is 2.04. The lowest BCUT2D eigenvalue weighted by molar-refractivity contribution is 0.112. The van der Waals surface area contributed by atoms with Gasteiger partial charge >= 0.3 is 0 Å².